The second kappa shape index (κ2) is 19.6. The number of rotatable bonds is 6. The number of carbonyl (C=O) groups excluding carboxylic acids is 4. The quantitative estimate of drug-likeness (QED) is 0.211. The van der Waals surface area contributed by atoms with Gasteiger partial charge >= 0.3 is 5.97 Å². The number of esters is 1. The number of aliphatic hydroxyl groups excluding tert-OH is 1. The van der Waals surface area contributed by atoms with Gasteiger partial charge in [-0.25, -0.2) is 4.79 Å². The maximum absolute atomic E-state index is 14.2. The van der Waals surface area contributed by atoms with Gasteiger partial charge in [-0.1, -0.05) is 45.4 Å². The zero-order valence-corrected chi connectivity index (χ0v) is 34.1. The molecule has 12 nitrogen and oxygen atoms in total. The van der Waals surface area contributed by atoms with E-state index in [1.165, 1.54) is 4.90 Å². The normalized spacial score (nSPS) is 41.1. The number of Topliss-reactive ketones (excluding diaryl/α,β-unsaturated/α-hetero) is 2. The number of carbonyl (C=O) groups is 4. The molecule has 0 aromatic heterocycles. The molecule has 12 heteroatoms. The number of ether oxygens (including phenoxy) is 5. The summed E-state index contributed by atoms with van der Waals surface area (Å²) in [5.74, 6) is -6.71. The highest BCUT2D eigenvalue weighted by atomic mass is 16.7. The molecule has 0 spiro atoms. The number of ketones is 2. The zero-order chi connectivity index (χ0) is 39.9. The first-order chi connectivity index (χ1) is 25.6. The van der Waals surface area contributed by atoms with Crippen LogP contribution in [0.1, 0.15) is 112 Å². The molecule has 1 aliphatic carbocycles. The molecule has 0 aromatic carbocycles. The summed E-state index contributed by atoms with van der Waals surface area (Å²) >= 11 is 0. The lowest BCUT2D eigenvalue weighted by Gasteiger charge is -2.47. The van der Waals surface area contributed by atoms with Crippen LogP contribution in [0, 0.1) is 29.6 Å². The van der Waals surface area contributed by atoms with Gasteiger partial charge in [0.15, 0.2) is 0 Å². The van der Waals surface area contributed by atoms with Crippen molar-refractivity contribution in [1.82, 2.24) is 4.90 Å². The number of aliphatic hydroxyl groups is 2. The van der Waals surface area contributed by atoms with E-state index in [-0.39, 0.29) is 55.4 Å². The second-order valence-electron chi connectivity index (χ2n) is 16.7. The summed E-state index contributed by atoms with van der Waals surface area (Å²) in [5.41, 5.74) is 1.84. The van der Waals surface area contributed by atoms with Crippen LogP contribution < -0.4 is 0 Å². The molecule has 306 valence electrons. The fourth-order valence-corrected chi connectivity index (χ4v) is 9.18. The van der Waals surface area contributed by atoms with Crippen LogP contribution in [0.2, 0.25) is 0 Å². The first kappa shape index (κ1) is 44.2. The van der Waals surface area contributed by atoms with Gasteiger partial charge in [0.25, 0.3) is 11.7 Å². The molecule has 54 heavy (non-hydrogen) atoms. The summed E-state index contributed by atoms with van der Waals surface area (Å²) in [6.07, 6.45) is 6.36. The summed E-state index contributed by atoms with van der Waals surface area (Å²) in [6.45, 7) is 11.6. The number of allylic oxidation sites excluding steroid dienone is 3. The Morgan fingerprint density at radius 3 is 2.26 bits per heavy atom. The number of methoxy groups -OCH3 is 3. The molecule has 13 atom stereocenters. The minimum atomic E-state index is -2.47. The predicted octanol–water partition coefficient (Wildman–Crippen LogP) is 5.11. The molecular formula is C42H67NO11. The van der Waals surface area contributed by atoms with E-state index in [0.29, 0.717) is 37.7 Å². The van der Waals surface area contributed by atoms with Crippen molar-refractivity contribution >= 4 is 23.4 Å². The molecular weight excluding hydrogens is 694 g/mol. The highest BCUT2D eigenvalue weighted by Crippen LogP contribution is 2.39. The van der Waals surface area contributed by atoms with E-state index in [0.717, 1.165) is 24.8 Å². The van der Waals surface area contributed by atoms with E-state index in [4.69, 9.17) is 23.7 Å². The molecule has 2 N–H and O–H groups in total. The van der Waals surface area contributed by atoms with Gasteiger partial charge in [0.1, 0.15) is 24.0 Å². The number of hydrogen-bond acceptors (Lipinski definition) is 11. The number of amides is 1. The van der Waals surface area contributed by atoms with Gasteiger partial charge in [-0.05, 0) is 101 Å². The van der Waals surface area contributed by atoms with Gasteiger partial charge < -0.3 is 38.8 Å². The van der Waals surface area contributed by atoms with Gasteiger partial charge in [0, 0.05) is 40.2 Å². The first-order valence-corrected chi connectivity index (χ1v) is 20.2. The van der Waals surface area contributed by atoms with Crippen molar-refractivity contribution < 1.29 is 53.1 Å². The molecule has 3 fully saturated rings. The van der Waals surface area contributed by atoms with Crippen molar-refractivity contribution in [3.63, 3.8) is 0 Å². The zero-order valence-electron chi connectivity index (χ0n) is 34.1. The Labute approximate surface area is 322 Å². The van der Waals surface area contributed by atoms with E-state index in [1.54, 1.807) is 35.2 Å². The van der Waals surface area contributed by atoms with Crippen molar-refractivity contribution in [3.8, 4) is 0 Å². The van der Waals surface area contributed by atoms with E-state index >= 15 is 0 Å². The molecule has 4 rings (SSSR count). The van der Waals surface area contributed by atoms with Gasteiger partial charge in [-0.3, -0.25) is 14.4 Å². The Balaban J connectivity index is 1.76. The minimum Gasteiger partial charge on any atom is -0.456 e. The Morgan fingerprint density at radius 1 is 0.944 bits per heavy atom. The number of hydrogen-bond donors (Lipinski definition) is 2. The molecule has 0 aromatic rings. The molecule has 1 amide bonds. The third-order valence-electron chi connectivity index (χ3n) is 12.5. The summed E-state index contributed by atoms with van der Waals surface area (Å²) in [4.78, 5) is 57.9. The summed E-state index contributed by atoms with van der Waals surface area (Å²) in [7, 11) is 4.69. The lowest BCUT2D eigenvalue weighted by Crippen LogP contribution is -2.64. The highest BCUT2D eigenvalue weighted by molar-refractivity contribution is 6.39. The third kappa shape index (κ3) is 10.3. The van der Waals surface area contributed by atoms with Crippen molar-refractivity contribution in [2.75, 3.05) is 27.9 Å². The van der Waals surface area contributed by atoms with Crippen LogP contribution in [-0.4, -0.2) is 115 Å². The lowest BCUT2D eigenvalue weighted by molar-refractivity contribution is -0.302. The van der Waals surface area contributed by atoms with Gasteiger partial charge in [0.05, 0.1) is 30.3 Å². The van der Waals surface area contributed by atoms with Gasteiger partial charge in [-0.15, -0.1) is 0 Å². The average Bonchev–Trinajstić information content (AvgIpc) is 3.15. The van der Waals surface area contributed by atoms with E-state index in [2.05, 4.69) is 26.8 Å². The molecule has 4 aliphatic rings. The molecule has 2 saturated heterocycles. The standard InChI is InChI=1S/C42H67NO11/c1-10-29-18-24(2)17-25(3)19-35(51-8)38-36(52-9)21-27(5)42(49,54-38)39(46)40(47)43-16-12-11-13-31(43)41(48)53-37(28(6)33(45)22-29)26(4)20-30-14-15-32(44)34(23-30)50-7/h18,20,25,27-32,34-38,44,49H,10-17,19,21-23H2,1-9H3/b24-18-,26-20+/t25-,27+,28+,29+,30-,31-,32+,34+,35-,36-,37+,38+,42+/m0/s1. The Kier molecular flexibility index (Phi) is 16.0. The maximum Gasteiger partial charge on any atom is 0.329 e. The molecule has 0 radical (unpaired) electrons. The monoisotopic (exact) mass is 761 g/mol. The van der Waals surface area contributed by atoms with Crippen LogP contribution >= 0.6 is 0 Å². The summed E-state index contributed by atoms with van der Waals surface area (Å²) in [6, 6.07) is -1.09. The van der Waals surface area contributed by atoms with Crippen LogP contribution in [0.15, 0.2) is 23.3 Å². The van der Waals surface area contributed by atoms with Gasteiger partial charge in [0.2, 0.25) is 5.79 Å². The smallest absolute Gasteiger partial charge is 0.329 e. The molecule has 3 aliphatic heterocycles. The lowest BCUT2D eigenvalue weighted by atomic mass is 9.81. The summed E-state index contributed by atoms with van der Waals surface area (Å²) < 4.78 is 29.8. The molecule has 1 saturated carbocycles. The molecule has 2 bridgehead atoms. The topological polar surface area (TPSA) is 158 Å². The number of cyclic esters (lactones) is 1. The largest absolute Gasteiger partial charge is 0.456 e. The Bertz CT molecular complexity index is 1380. The molecule has 3 heterocycles. The second-order valence-corrected chi connectivity index (χ2v) is 16.7. The van der Waals surface area contributed by atoms with Crippen molar-refractivity contribution in [1.29, 1.82) is 0 Å². The van der Waals surface area contributed by atoms with Crippen LogP contribution in [0.5, 0.6) is 0 Å². The first-order valence-electron chi connectivity index (χ1n) is 20.2. The fourth-order valence-electron chi connectivity index (χ4n) is 9.18. The van der Waals surface area contributed by atoms with E-state index in [9.17, 15) is 29.4 Å². The van der Waals surface area contributed by atoms with Crippen molar-refractivity contribution in [2.24, 2.45) is 29.6 Å². The number of piperidine rings is 1. The van der Waals surface area contributed by atoms with Crippen molar-refractivity contribution in [2.45, 2.75) is 161 Å². The predicted molar refractivity (Wildman–Crippen MR) is 202 cm³/mol. The fraction of sp³-hybridized carbons (Fsp3) is 0.810. The van der Waals surface area contributed by atoms with Gasteiger partial charge in [-0.2, -0.15) is 0 Å². The third-order valence-corrected chi connectivity index (χ3v) is 12.5. The maximum atomic E-state index is 14.2. The van der Waals surface area contributed by atoms with Crippen LogP contribution in [0.3, 0.4) is 0 Å². The van der Waals surface area contributed by atoms with Crippen molar-refractivity contribution in [3.05, 3.63) is 23.3 Å². The number of fused-ring (bicyclic) bond motifs is 3. The SMILES string of the molecule is CC[C@@H]1/C=C(/C)C[C@H](C)C[C@H](OC)[C@H]2O[C@@](O)(C(=O)C(=O)N3CCCC[C@H]3C(=O)O[C@H](/C(C)=C/[C@@H]3CC[C@@H](O)[C@H](OC)C3)[C@H](C)C(=O)C1)[C@H](C)C[C@@H]2OC. The van der Waals surface area contributed by atoms with Crippen LogP contribution in [0.25, 0.3) is 0 Å². The van der Waals surface area contributed by atoms with Crippen LogP contribution in [0.4, 0.5) is 0 Å². The molecule has 0 unspecified atom stereocenters. The summed E-state index contributed by atoms with van der Waals surface area (Å²) in [5, 5.41) is 22.4. The Hall–Kier alpha value is -2.48. The van der Waals surface area contributed by atoms with Crippen LogP contribution in [-0.2, 0) is 42.9 Å². The average molecular weight is 762 g/mol. The highest BCUT2D eigenvalue weighted by Gasteiger charge is 2.56. The minimum absolute atomic E-state index is 0.0209. The number of nitrogens with zero attached hydrogens (tertiary/aromatic N) is 1. The van der Waals surface area contributed by atoms with E-state index in [1.807, 2.05) is 13.0 Å². The Morgan fingerprint density at radius 2 is 1.61 bits per heavy atom. The van der Waals surface area contributed by atoms with E-state index < -0.39 is 71.8 Å².